The zero-order valence-electron chi connectivity index (χ0n) is 15.5. The summed E-state index contributed by atoms with van der Waals surface area (Å²) in [6.45, 7) is 4.55. The van der Waals surface area contributed by atoms with Gasteiger partial charge in [-0.25, -0.2) is 0 Å². The lowest BCUT2D eigenvalue weighted by Crippen LogP contribution is -3.13. The van der Waals surface area contributed by atoms with Gasteiger partial charge in [-0.2, -0.15) is 4.68 Å². The molecule has 0 bridgehead atoms. The molecule has 1 fully saturated rings. The summed E-state index contributed by atoms with van der Waals surface area (Å²) >= 11 is 5.82. The fraction of sp³-hybridized carbons (Fsp3) is 0.333. The number of quaternary nitrogens is 1. The predicted octanol–water partition coefficient (Wildman–Crippen LogP) is 2.38. The number of aliphatic hydroxyl groups is 1. The van der Waals surface area contributed by atoms with Crippen molar-refractivity contribution in [3.8, 4) is 17.1 Å². The van der Waals surface area contributed by atoms with E-state index in [0.717, 1.165) is 43.0 Å². The van der Waals surface area contributed by atoms with E-state index in [4.69, 9.17) is 17.3 Å². The van der Waals surface area contributed by atoms with Gasteiger partial charge in [0, 0.05) is 5.56 Å². The monoisotopic (exact) mass is 381 g/mol. The number of nitrogens with zero attached hydrogens (tertiary/aromatic N) is 3. The van der Waals surface area contributed by atoms with E-state index in [0.29, 0.717) is 11.4 Å². The molecule has 1 aliphatic heterocycles. The van der Waals surface area contributed by atoms with Crippen molar-refractivity contribution < 1.29 is 10.0 Å². The van der Waals surface area contributed by atoms with Crippen molar-refractivity contribution in [2.24, 2.45) is 0 Å². The van der Waals surface area contributed by atoms with E-state index in [-0.39, 0.29) is 6.10 Å². The first kappa shape index (κ1) is 18.1. The third-order valence-electron chi connectivity index (χ3n) is 5.10. The largest absolute Gasteiger partial charge is 0.387 e. The summed E-state index contributed by atoms with van der Waals surface area (Å²) in [5.74, 6) is 0.850. The van der Waals surface area contributed by atoms with Crippen LogP contribution in [0.3, 0.4) is 0 Å². The standard InChI is InChI=1S/C21H24N4OS/c1-16-7-5-10-18(13-16)25-20(17-8-3-2-4-9-17)22-24(21(25)27)15-23-12-6-11-19(26)14-23/h2-5,7-10,13,19,26H,6,11-12,14-15H2,1H3/p+1/t19-/m0/s1. The van der Waals surface area contributed by atoms with Crippen molar-refractivity contribution in [2.45, 2.75) is 32.5 Å². The molecule has 1 aromatic heterocycles. The number of aliphatic hydroxyl groups excluding tert-OH is 1. The minimum atomic E-state index is -0.227. The van der Waals surface area contributed by atoms with Gasteiger partial charge >= 0.3 is 0 Å². The zero-order valence-corrected chi connectivity index (χ0v) is 16.3. The average Bonchev–Trinajstić information content (AvgIpc) is 2.99. The molecule has 0 saturated carbocycles. The molecule has 1 aliphatic rings. The van der Waals surface area contributed by atoms with Gasteiger partial charge in [0.25, 0.3) is 0 Å². The van der Waals surface area contributed by atoms with Crippen LogP contribution >= 0.6 is 12.2 Å². The topological polar surface area (TPSA) is 47.4 Å². The van der Waals surface area contributed by atoms with E-state index in [1.54, 1.807) is 0 Å². The minimum absolute atomic E-state index is 0.227. The molecule has 2 heterocycles. The molecular formula is C21H25N4OS+. The van der Waals surface area contributed by atoms with Crippen LogP contribution in [0.2, 0.25) is 0 Å². The number of nitrogens with one attached hydrogen (secondary N) is 1. The SMILES string of the molecule is Cc1cccc(-n2c(-c3ccccc3)nn(C[NH+]3CCC[C@H](O)C3)c2=S)c1. The van der Waals surface area contributed by atoms with Gasteiger partial charge in [-0.05, 0) is 49.7 Å². The molecule has 0 radical (unpaired) electrons. The molecule has 3 aromatic rings. The Morgan fingerprint density at radius 1 is 1.19 bits per heavy atom. The van der Waals surface area contributed by atoms with Gasteiger partial charge in [-0.1, -0.05) is 42.5 Å². The maximum atomic E-state index is 9.99. The fourth-order valence-corrected chi connectivity index (χ4v) is 4.06. The number of aryl methyl sites for hydroxylation is 1. The normalized spacial score (nSPS) is 19.9. The highest BCUT2D eigenvalue weighted by Crippen LogP contribution is 2.23. The molecule has 0 spiro atoms. The predicted molar refractivity (Wildman–Crippen MR) is 108 cm³/mol. The third kappa shape index (κ3) is 3.88. The average molecular weight is 382 g/mol. The van der Waals surface area contributed by atoms with Crippen LogP contribution in [0.1, 0.15) is 18.4 Å². The van der Waals surface area contributed by atoms with E-state index in [9.17, 15) is 5.11 Å². The summed E-state index contributed by atoms with van der Waals surface area (Å²) in [5, 5.41) is 14.9. The highest BCUT2D eigenvalue weighted by atomic mass is 32.1. The van der Waals surface area contributed by atoms with E-state index in [2.05, 4.69) is 41.8 Å². The quantitative estimate of drug-likeness (QED) is 0.682. The van der Waals surface area contributed by atoms with Gasteiger partial charge < -0.3 is 10.0 Å². The van der Waals surface area contributed by atoms with Crippen LogP contribution in [-0.4, -0.2) is 38.6 Å². The second-order valence-electron chi connectivity index (χ2n) is 7.30. The summed E-state index contributed by atoms with van der Waals surface area (Å²) in [6.07, 6.45) is 1.70. The first-order valence-electron chi connectivity index (χ1n) is 9.46. The number of rotatable bonds is 4. The molecule has 1 saturated heterocycles. The molecular weight excluding hydrogens is 356 g/mol. The molecule has 1 unspecified atom stereocenters. The molecule has 27 heavy (non-hydrogen) atoms. The smallest absolute Gasteiger partial charge is 0.207 e. The number of aromatic nitrogens is 3. The summed E-state index contributed by atoms with van der Waals surface area (Å²) in [5.41, 5.74) is 3.25. The Balaban J connectivity index is 1.79. The van der Waals surface area contributed by atoms with Crippen LogP contribution in [0, 0.1) is 11.7 Å². The van der Waals surface area contributed by atoms with Crippen LogP contribution in [0.4, 0.5) is 0 Å². The second-order valence-corrected chi connectivity index (χ2v) is 7.67. The lowest BCUT2D eigenvalue weighted by molar-refractivity contribution is -0.931. The Labute approximate surface area is 164 Å². The van der Waals surface area contributed by atoms with Crippen molar-refractivity contribution in [3.05, 3.63) is 64.9 Å². The maximum absolute atomic E-state index is 9.99. The van der Waals surface area contributed by atoms with Gasteiger partial charge in [-0.3, -0.25) is 4.57 Å². The highest BCUT2D eigenvalue weighted by molar-refractivity contribution is 7.71. The fourth-order valence-electron chi connectivity index (χ4n) is 3.77. The minimum Gasteiger partial charge on any atom is -0.387 e. The van der Waals surface area contributed by atoms with E-state index in [1.165, 1.54) is 10.5 Å². The van der Waals surface area contributed by atoms with E-state index in [1.807, 2.05) is 28.9 Å². The van der Waals surface area contributed by atoms with Crippen molar-refractivity contribution in [2.75, 3.05) is 13.1 Å². The number of piperidine rings is 1. The van der Waals surface area contributed by atoms with Crippen LogP contribution in [0.25, 0.3) is 17.1 Å². The maximum Gasteiger partial charge on any atom is 0.207 e. The number of hydrogen-bond donors (Lipinski definition) is 2. The van der Waals surface area contributed by atoms with Crippen LogP contribution in [0.5, 0.6) is 0 Å². The lowest BCUT2D eigenvalue weighted by atomic mass is 10.1. The lowest BCUT2D eigenvalue weighted by Gasteiger charge is -2.26. The Hall–Kier alpha value is -2.28. The molecule has 6 heteroatoms. The first-order chi connectivity index (χ1) is 13.1. The summed E-state index contributed by atoms with van der Waals surface area (Å²) < 4.78 is 4.65. The number of benzene rings is 2. The van der Waals surface area contributed by atoms with E-state index < -0.39 is 0 Å². The summed E-state index contributed by atoms with van der Waals surface area (Å²) in [7, 11) is 0. The highest BCUT2D eigenvalue weighted by Gasteiger charge is 2.23. The number of likely N-dealkylation sites (tertiary alicyclic amines) is 1. The Bertz CT molecular complexity index is 979. The van der Waals surface area contributed by atoms with Crippen LogP contribution in [0.15, 0.2) is 54.6 Å². The molecule has 4 rings (SSSR count). The number of hydrogen-bond acceptors (Lipinski definition) is 3. The van der Waals surface area contributed by atoms with Gasteiger partial charge in [0.2, 0.25) is 4.77 Å². The third-order valence-corrected chi connectivity index (χ3v) is 5.49. The van der Waals surface area contributed by atoms with Gasteiger partial charge in [-0.15, -0.1) is 5.10 Å². The molecule has 2 atom stereocenters. The van der Waals surface area contributed by atoms with Crippen molar-refractivity contribution in [3.63, 3.8) is 0 Å². The Kier molecular flexibility index (Phi) is 5.20. The second kappa shape index (κ2) is 7.76. The van der Waals surface area contributed by atoms with E-state index >= 15 is 0 Å². The first-order valence-corrected chi connectivity index (χ1v) is 9.86. The molecule has 5 nitrogen and oxygen atoms in total. The molecule has 0 aliphatic carbocycles. The van der Waals surface area contributed by atoms with Gasteiger partial charge in [0.15, 0.2) is 12.5 Å². The summed E-state index contributed by atoms with van der Waals surface area (Å²) in [4.78, 5) is 1.32. The Morgan fingerprint density at radius 3 is 2.74 bits per heavy atom. The van der Waals surface area contributed by atoms with Gasteiger partial charge in [0.05, 0.1) is 12.2 Å². The van der Waals surface area contributed by atoms with Gasteiger partial charge in [0.1, 0.15) is 12.6 Å². The summed E-state index contributed by atoms with van der Waals surface area (Å²) in [6, 6.07) is 18.5. The Morgan fingerprint density at radius 2 is 2.00 bits per heavy atom. The zero-order chi connectivity index (χ0) is 18.8. The van der Waals surface area contributed by atoms with Crippen molar-refractivity contribution in [1.29, 1.82) is 0 Å². The molecule has 140 valence electrons. The molecule has 2 N–H and O–H groups in total. The molecule has 0 amide bonds. The van der Waals surface area contributed by atoms with Crippen LogP contribution < -0.4 is 4.90 Å². The molecule has 2 aromatic carbocycles. The van der Waals surface area contributed by atoms with Crippen molar-refractivity contribution in [1.82, 2.24) is 14.3 Å². The van der Waals surface area contributed by atoms with Crippen molar-refractivity contribution >= 4 is 12.2 Å². The van der Waals surface area contributed by atoms with Crippen LogP contribution in [-0.2, 0) is 6.67 Å².